The standard InChI is InChI=1S/C22H24FNO3/c1-14-10-18(11-15(2)21(14)27-3)20(25)17-7-5-9-24(13-17)22(26)16-6-4-8-19(23)12-16/h4,6,8,10-12,17H,5,7,9,13H2,1-3H3/t17-/m1/s1. The van der Waals surface area contributed by atoms with Crippen LogP contribution >= 0.6 is 0 Å². The lowest BCUT2D eigenvalue weighted by molar-refractivity contribution is 0.0636. The Balaban J connectivity index is 1.78. The summed E-state index contributed by atoms with van der Waals surface area (Å²) in [7, 11) is 1.62. The van der Waals surface area contributed by atoms with E-state index in [1.54, 1.807) is 18.1 Å². The van der Waals surface area contributed by atoms with Crippen LogP contribution in [0.15, 0.2) is 36.4 Å². The molecule has 0 bridgehead atoms. The minimum atomic E-state index is -0.435. The van der Waals surface area contributed by atoms with Gasteiger partial charge >= 0.3 is 0 Å². The van der Waals surface area contributed by atoms with E-state index in [-0.39, 0.29) is 17.6 Å². The number of carbonyl (C=O) groups excluding carboxylic acids is 2. The number of benzene rings is 2. The number of likely N-dealkylation sites (tertiary alicyclic amines) is 1. The molecule has 0 aromatic heterocycles. The molecule has 1 amide bonds. The van der Waals surface area contributed by atoms with Crippen molar-refractivity contribution in [3.05, 3.63) is 64.5 Å². The van der Waals surface area contributed by atoms with Crippen LogP contribution in [0.2, 0.25) is 0 Å². The van der Waals surface area contributed by atoms with Crippen molar-refractivity contribution in [3.63, 3.8) is 0 Å². The van der Waals surface area contributed by atoms with E-state index in [4.69, 9.17) is 4.74 Å². The molecular weight excluding hydrogens is 345 g/mol. The molecule has 0 spiro atoms. The molecule has 1 heterocycles. The minimum Gasteiger partial charge on any atom is -0.496 e. The number of methoxy groups -OCH3 is 1. The summed E-state index contributed by atoms with van der Waals surface area (Å²) in [6.07, 6.45) is 1.50. The number of ketones is 1. The topological polar surface area (TPSA) is 46.6 Å². The van der Waals surface area contributed by atoms with Crippen molar-refractivity contribution in [1.82, 2.24) is 4.90 Å². The Labute approximate surface area is 158 Å². The highest BCUT2D eigenvalue weighted by molar-refractivity contribution is 6.00. The molecule has 0 unspecified atom stereocenters. The first-order chi connectivity index (χ1) is 12.9. The summed E-state index contributed by atoms with van der Waals surface area (Å²) in [5.74, 6) is -0.0779. The van der Waals surface area contributed by atoms with Crippen LogP contribution in [-0.4, -0.2) is 36.8 Å². The predicted molar refractivity (Wildman–Crippen MR) is 102 cm³/mol. The lowest BCUT2D eigenvalue weighted by Crippen LogP contribution is -2.42. The Morgan fingerprint density at radius 1 is 1.11 bits per heavy atom. The zero-order valence-corrected chi connectivity index (χ0v) is 15.9. The molecule has 0 radical (unpaired) electrons. The molecule has 142 valence electrons. The van der Waals surface area contributed by atoms with E-state index < -0.39 is 5.82 Å². The highest BCUT2D eigenvalue weighted by atomic mass is 19.1. The molecule has 0 N–H and O–H groups in total. The third kappa shape index (κ3) is 4.02. The van der Waals surface area contributed by atoms with Crippen LogP contribution in [0.4, 0.5) is 4.39 Å². The van der Waals surface area contributed by atoms with Crippen LogP contribution in [0.1, 0.15) is 44.7 Å². The average Bonchev–Trinajstić information content (AvgIpc) is 2.66. The SMILES string of the molecule is COc1c(C)cc(C(=O)[C@@H]2CCCN(C(=O)c3cccc(F)c3)C2)cc1C. The summed E-state index contributed by atoms with van der Waals surface area (Å²) in [6, 6.07) is 9.38. The summed E-state index contributed by atoms with van der Waals surface area (Å²) in [5.41, 5.74) is 2.81. The third-order valence-corrected chi connectivity index (χ3v) is 5.10. The second-order valence-electron chi connectivity index (χ2n) is 7.11. The normalized spacial score (nSPS) is 16.9. The van der Waals surface area contributed by atoms with Crippen molar-refractivity contribution >= 4 is 11.7 Å². The number of amides is 1. The van der Waals surface area contributed by atoms with Gasteiger partial charge in [-0.05, 0) is 68.1 Å². The lowest BCUT2D eigenvalue weighted by Gasteiger charge is -2.32. The van der Waals surface area contributed by atoms with Gasteiger partial charge in [-0.2, -0.15) is 0 Å². The first kappa shape index (κ1) is 19.1. The fourth-order valence-corrected chi connectivity index (χ4v) is 3.83. The van der Waals surface area contributed by atoms with Gasteiger partial charge in [-0.3, -0.25) is 9.59 Å². The summed E-state index contributed by atoms with van der Waals surface area (Å²) >= 11 is 0. The first-order valence-corrected chi connectivity index (χ1v) is 9.15. The van der Waals surface area contributed by atoms with E-state index >= 15 is 0 Å². The second-order valence-corrected chi connectivity index (χ2v) is 7.11. The lowest BCUT2D eigenvalue weighted by atomic mass is 9.88. The largest absolute Gasteiger partial charge is 0.496 e. The summed E-state index contributed by atoms with van der Waals surface area (Å²) in [4.78, 5) is 27.4. The van der Waals surface area contributed by atoms with Crippen molar-refractivity contribution in [2.24, 2.45) is 5.92 Å². The Hall–Kier alpha value is -2.69. The van der Waals surface area contributed by atoms with Crippen LogP contribution in [0.3, 0.4) is 0 Å². The quantitative estimate of drug-likeness (QED) is 0.760. The maximum Gasteiger partial charge on any atom is 0.253 e. The van der Waals surface area contributed by atoms with Gasteiger partial charge in [-0.25, -0.2) is 4.39 Å². The van der Waals surface area contributed by atoms with E-state index in [0.29, 0.717) is 24.2 Å². The number of hydrogen-bond acceptors (Lipinski definition) is 3. The number of Topliss-reactive ketones (excluding diaryl/α,β-unsaturated/α-hetero) is 1. The molecule has 4 nitrogen and oxygen atoms in total. The number of halogens is 1. The number of ether oxygens (including phenoxy) is 1. The van der Waals surface area contributed by atoms with Crippen LogP contribution in [0, 0.1) is 25.6 Å². The molecule has 3 rings (SSSR count). The second kappa shape index (κ2) is 7.91. The van der Waals surface area contributed by atoms with Gasteiger partial charge < -0.3 is 9.64 Å². The smallest absolute Gasteiger partial charge is 0.253 e. The van der Waals surface area contributed by atoms with Crippen LogP contribution in [0.25, 0.3) is 0 Å². The van der Waals surface area contributed by atoms with Crippen LogP contribution < -0.4 is 4.74 Å². The predicted octanol–water partition coefficient (Wildman–Crippen LogP) is 4.19. The molecule has 1 atom stereocenters. The molecule has 1 aliphatic rings. The fraction of sp³-hybridized carbons (Fsp3) is 0.364. The zero-order chi connectivity index (χ0) is 19.6. The van der Waals surface area contributed by atoms with Gasteiger partial charge in [0.2, 0.25) is 0 Å². The van der Waals surface area contributed by atoms with Gasteiger partial charge in [-0.15, -0.1) is 0 Å². The number of hydrogen-bond donors (Lipinski definition) is 0. The minimum absolute atomic E-state index is 0.0422. The highest BCUT2D eigenvalue weighted by Crippen LogP contribution is 2.28. The molecule has 2 aromatic rings. The summed E-state index contributed by atoms with van der Waals surface area (Å²) in [5, 5.41) is 0. The van der Waals surface area contributed by atoms with Gasteiger partial charge in [-0.1, -0.05) is 6.07 Å². The van der Waals surface area contributed by atoms with Gasteiger partial charge in [0.15, 0.2) is 5.78 Å². The molecule has 1 saturated heterocycles. The maximum absolute atomic E-state index is 13.4. The number of rotatable bonds is 4. The molecule has 5 heteroatoms. The van der Waals surface area contributed by atoms with Gasteiger partial charge in [0.1, 0.15) is 11.6 Å². The first-order valence-electron chi connectivity index (χ1n) is 9.15. The van der Waals surface area contributed by atoms with Gasteiger partial charge in [0.25, 0.3) is 5.91 Å². The summed E-state index contributed by atoms with van der Waals surface area (Å²) in [6.45, 7) is 4.78. The Bertz CT molecular complexity index is 855. The Morgan fingerprint density at radius 3 is 2.44 bits per heavy atom. The Kier molecular flexibility index (Phi) is 5.59. The van der Waals surface area contributed by atoms with Crippen LogP contribution in [0.5, 0.6) is 5.75 Å². The molecule has 1 aliphatic heterocycles. The maximum atomic E-state index is 13.4. The molecule has 0 saturated carbocycles. The molecular formula is C22H24FNO3. The highest BCUT2D eigenvalue weighted by Gasteiger charge is 2.30. The van der Waals surface area contributed by atoms with Crippen molar-refractivity contribution in [2.75, 3.05) is 20.2 Å². The van der Waals surface area contributed by atoms with Gasteiger partial charge in [0.05, 0.1) is 7.11 Å². The average molecular weight is 369 g/mol. The zero-order valence-electron chi connectivity index (χ0n) is 15.9. The molecule has 27 heavy (non-hydrogen) atoms. The molecule has 1 fully saturated rings. The number of carbonyl (C=O) groups is 2. The monoisotopic (exact) mass is 369 g/mol. The summed E-state index contributed by atoms with van der Waals surface area (Å²) < 4.78 is 18.8. The van der Waals surface area contributed by atoms with Crippen molar-refractivity contribution in [1.29, 1.82) is 0 Å². The molecule has 0 aliphatic carbocycles. The Morgan fingerprint density at radius 2 is 1.81 bits per heavy atom. The van der Waals surface area contributed by atoms with Crippen molar-refractivity contribution in [3.8, 4) is 5.75 Å². The fourth-order valence-electron chi connectivity index (χ4n) is 3.83. The molecule has 2 aromatic carbocycles. The van der Waals surface area contributed by atoms with E-state index in [9.17, 15) is 14.0 Å². The van der Waals surface area contributed by atoms with Gasteiger partial charge in [0, 0.05) is 30.1 Å². The van der Waals surface area contributed by atoms with Crippen molar-refractivity contribution in [2.45, 2.75) is 26.7 Å². The number of aryl methyl sites for hydroxylation is 2. The van der Waals surface area contributed by atoms with E-state index in [0.717, 1.165) is 29.7 Å². The number of piperidine rings is 1. The number of nitrogens with zero attached hydrogens (tertiary/aromatic N) is 1. The third-order valence-electron chi connectivity index (χ3n) is 5.10. The van der Waals surface area contributed by atoms with Crippen LogP contribution in [-0.2, 0) is 0 Å². The van der Waals surface area contributed by atoms with E-state index in [1.807, 2.05) is 26.0 Å². The van der Waals surface area contributed by atoms with E-state index in [1.165, 1.54) is 18.2 Å². The van der Waals surface area contributed by atoms with Crippen molar-refractivity contribution < 1.29 is 18.7 Å². The van der Waals surface area contributed by atoms with E-state index in [2.05, 4.69) is 0 Å².